The molecule has 0 spiro atoms. The van der Waals surface area contributed by atoms with Gasteiger partial charge >= 0.3 is 23.5 Å². The molecule has 1 fully saturated rings. The molecule has 33 heavy (non-hydrogen) atoms. The molecule has 186 valence electrons. The fourth-order valence-corrected chi connectivity index (χ4v) is 6.32. The summed E-state index contributed by atoms with van der Waals surface area (Å²) in [6, 6.07) is 0. The number of nitrogens with one attached hydrogen (secondary N) is 1. The molecular formula is C10H14Cl2N5O13P3. The molecule has 0 aliphatic carbocycles. The van der Waals surface area contributed by atoms with Crippen molar-refractivity contribution in [2.75, 3.05) is 12.3 Å². The number of alkyl halides is 2. The summed E-state index contributed by atoms with van der Waals surface area (Å²) in [7, 11) is -16.8. The van der Waals surface area contributed by atoms with Crippen LogP contribution in [0.1, 0.15) is 6.23 Å². The van der Waals surface area contributed by atoms with Gasteiger partial charge < -0.3 is 35.2 Å². The van der Waals surface area contributed by atoms with Gasteiger partial charge in [-0.2, -0.15) is 13.6 Å². The van der Waals surface area contributed by atoms with Crippen molar-refractivity contribution < 1.29 is 56.3 Å². The average Bonchev–Trinajstić information content (AvgIpc) is 3.10. The van der Waals surface area contributed by atoms with E-state index in [2.05, 4.69) is 28.1 Å². The number of anilines is 1. The Balaban J connectivity index is 1.78. The number of halogens is 2. The zero-order valence-electron chi connectivity index (χ0n) is 15.5. The number of nitrogens with zero attached hydrogens (tertiary/aromatic N) is 3. The van der Waals surface area contributed by atoms with Crippen LogP contribution in [-0.2, 0) is 31.6 Å². The monoisotopic (exact) mass is 575 g/mol. The van der Waals surface area contributed by atoms with Gasteiger partial charge in [-0.3, -0.25) is 18.9 Å². The molecule has 3 rings (SSSR count). The topological polar surface area (TPSA) is 279 Å². The van der Waals surface area contributed by atoms with Gasteiger partial charge in [-0.05, 0) is 0 Å². The highest BCUT2D eigenvalue weighted by atomic mass is 35.5. The standard InChI is InChI=1S/C10H14Cl2N5O13P3/c11-10(12)5(18)3(1-27-32(23,24)30-33(25,26)29-31(20,21)22)28-8(10)17-2-14-4-6(17)15-9(13)16-7(4)19/h2-3,5,8,18H,1H2,(H,23,24)(H,25,26)(H2,20,21,22)(H3,13,15,16,19)/t3-,5-,8-/m1/s1. The van der Waals surface area contributed by atoms with Gasteiger partial charge in [0.25, 0.3) is 5.56 Å². The maximum Gasteiger partial charge on any atom is 0.490 e. The molecule has 23 heteroatoms. The van der Waals surface area contributed by atoms with Crippen molar-refractivity contribution in [3.63, 3.8) is 0 Å². The molecule has 3 heterocycles. The number of imidazole rings is 1. The fraction of sp³-hybridized carbons (Fsp3) is 0.500. The van der Waals surface area contributed by atoms with E-state index in [1.807, 2.05) is 0 Å². The maximum absolute atomic E-state index is 11.9. The maximum atomic E-state index is 11.9. The lowest BCUT2D eigenvalue weighted by Gasteiger charge is -2.23. The number of H-pyrrole nitrogens is 1. The number of aromatic amines is 1. The molecule has 1 aliphatic rings. The molecule has 0 radical (unpaired) electrons. The normalized spacial score (nSPS) is 26.8. The van der Waals surface area contributed by atoms with E-state index in [1.165, 1.54) is 0 Å². The number of rotatable bonds is 8. The van der Waals surface area contributed by atoms with Crippen LogP contribution in [0.15, 0.2) is 11.1 Å². The van der Waals surface area contributed by atoms with Crippen LogP contribution < -0.4 is 11.3 Å². The number of aromatic nitrogens is 4. The van der Waals surface area contributed by atoms with E-state index < -0.39 is 58.4 Å². The Morgan fingerprint density at radius 3 is 2.45 bits per heavy atom. The Labute approximate surface area is 191 Å². The van der Waals surface area contributed by atoms with Gasteiger partial charge in [0.05, 0.1) is 12.9 Å². The van der Waals surface area contributed by atoms with E-state index in [0.717, 1.165) is 10.9 Å². The summed E-state index contributed by atoms with van der Waals surface area (Å²) in [5.41, 5.74) is 4.49. The van der Waals surface area contributed by atoms with Gasteiger partial charge in [0.15, 0.2) is 21.7 Å². The summed E-state index contributed by atoms with van der Waals surface area (Å²) in [5, 5.41) is 10.4. The van der Waals surface area contributed by atoms with Crippen LogP contribution in [0.5, 0.6) is 0 Å². The van der Waals surface area contributed by atoms with Crippen molar-refractivity contribution in [3.05, 3.63) is 16.7 Å². The van der Waals surface area contributed by atoms with Crippen LogP contribution in [0, 0.1) is 0 Å². The quantitative estimate of drug-likeness (QED) is 0.154. The number of nitrogens with two attached hydrogens (primary N) is 1. The first-order valence-electron chi connectivity index (χ1n) is 8.14. The second kappa shape index (κ2) is 8.93. The largest absolute Gasteiger partial charge is 0.490 e. The second-order valence-corrected chi connectivity index (χ2v) is 12.2. The third-order valence-electron chi connectivity index (χ3n) is 3.90. The van der Waals surface area contributed by atoms with Gasteiger partial charge in [-0.25, -0.2) is 18.7 Å². The number of hydrogen-bond acceptors (Lipinski definition) is 12. The van der Waals surface area contributed by atoms with E-state index in [-0.39, 0.29) is 17.1 Å². The fourth-order valence-electron chi connectivity index (χ4n) is 2.69. The highest BCUT2D eigenvalue weighted by Gasteiger charge is 2.56. The van der Waals surface area contributed by atoms with Crippen molar-refractivity contribution in [1.29, 1.82) is 0 Å². The van der Waals surface area contributed by atoms with Crippen molar-refractivity contribution >= 4 is 63.8 Å². The van der Waals surface area contributed by atoms with Crippen molar-refractivity contribution in [2.24, 2.45) is 0 Å². The summed E-state index contributed by atoms with van der Waals surface area (Å²) in [5.74, 6) is -0.285. The predicted molar refractivity (Wildman–Crippen MR) is 107 cm³/mol. The van der Waals surface area contributed by atoms with Crippen LogP contribution in [0.25, 0.3) is 11.2 Å². The molecule has 0 saturated carbocycles. The first-order chi connectivity index (χ1) is 14.9. The van der Waals surface area contributed by atoms with Crippen LogP contribution in [0.4, 0.5) is 5.95 Å². The van der Waals surface area contributed by atoms with Gasteiger partial charge in [0.1, 0.15) is 12.2 Å². The SMILES string of the molecule is Nc1nc2c(ncn2[C@@H]2O[C@H](COP(=O)(O)OP(=O)(O)OP(=O)(O)O)[C@@H](O)C2(Cl)Cl)c(=O)[nH]1. The number of hydrogen-bond donors (Lipinski definition) is 7. The number of fused-ring (bicyclic) bond motifs is 1. The number of phosphoric ester groups is 1. The third kappa shape index (κ3) is 6.01. The van der Waals surface area contributed by atoms with Gasteiger partial charge in [-0.15, -0.1) is 0 Å². The van der Waals surface area contributed by atoms with E-state index in [0.29, 0.717) is 0 Å². The van der Waals surface area contributed by atoms with Crippen LogP contribution >= 0.6 is 46.7 Å². The number of aliphatic hydroxyl groups excluding tert-OH is 1. The number of ether oxygens (including phenoxy) is 1. The van der Waals surface area contributed by atoms with Gasteiger partial charge in [0, 0.05) is 0 Å². The van der Waals surface area contributed by atoms with Gasteiger partial charge in [0.2, 0.25) is 5.95 Å². The molecule has 1 aliphatic heterocycles. The molecule has 0 amide bonds. The minimum absolute atomic E-state index is 0.132. The molecule has 0 bridgehead atoms. The number of nitrogen functional groups attached to an aromatic ring is 1. The van der Waals surface area contributed by atoms with E-state index >= 15 is 0 Å². The zero-order valence-corrected chi connectivity index (χ0v) is 19.7. The minimum atomic E-state index is -5.75. The Morgan fingerprint density at radius 2 is 1.85 bits per heavy atom. The highest BCUT2D eigenvalue weighted by Crippen LogP contribution is 2.66. The molecule has 2 aromatic heterocycles. The predicted octanol–water partition coefficient (Wildman–Crippen LogP) is -0.523. The molecule has 0 aromatic carbocycles. The first-order valence-corrected chi connectivity index (χ1v) is 13.4. The van der Waals surface area contributed by atoms with E-state index in [1.54, 1.807) is 0 Å². The number of aliphatic hydroxyl groups is 1. The van der Waals surface area contributed by atoms with E-state index in [4.69, 9.17) is 48.4 Å². The lowest BCUT2D eigenvalue weighted by molar-refractivity contribution is -0.0425. The lowest BCUT2D eigenvalue weighted by Crippen LogP contribution is -2.37. The highest BCUT2D eigenvalue weighted by molar-refractivity contribution is 7.66. The zero-order chi connectivity index (χ0) is 25.0. The van der Waals surface area contributed by atoms with Crippen LogP contribution in [0.2, 0.25) is 0 Å². The Bertz CT molecular complexity index is 1260. The molecule has 2 unspecified atom stereocenters. The summed E-state index contributed by atoms with van der Waals surface area (Å²) in [6.07, 6.45) is -3.85. The minimum Gasteiger partial charge on any atom is -0.387 e. The Hall–Kier alpha value is -0.940. The van der Waals surface area contributed by atoms with Crippen molar-refractivity contribution in [2.45, 2.75) is 22.8 Å². The summed E-state index contributed by atoms with van der Waals surface area (Å²) in [6.45, 7) is -1.04. The van der Waals surface area contributed by atoms with Crippen molar-refractivity contribution in [3.8, 4) is 0 Å². The molecule has 2 aromatic rings. The molecule has 1 saturated heterocycles. The van der Waals surface area contributed by atoms with Crippen LogP contribution in [0.3, 0.4) is 0 Å². The Kier molecular flexibility index (Phi) is 7.22. The second-order valence-electron chi connectivity index (χ2n) is 6.31. The Morgan fingerprint density at radius 1 is 1.21 bits per heavy atom. The van der Waals surface area contributed by atoms with Crippen LogP contribution in [-0.4, -0.2) is 67.3 Å². The average molecular weight is 576 g/mol. The van der Waals surface area contributed by atoms with Crippen molar-refractivity contribution in [1.82, 2.24) is 19.5 Å². The molecule has 8 N–H and O–H groups in total. The number of phosphoric acid groups is 3. The summed E-state index contributed by atoms with van der Waals surface area (Å²) < 4.78 is 49.8. The molecule has 18 nitrogen and oxygen atoms in total. The summed E-state index contributed by atoms with van der Waals surface area (Å²) in [4.78, 5) is 57.6. The molecule has 5 atom stereocenters. The summed E-state index contributed by atoms with van der Waals surface area (Å²) >= 11 is 12.3. The smallest absolute Gasteiger partial charge is 0.387 e. The first kappa shape index (κ1) is 26.7. The third-order valence-corrected chi connectivity index (χ3v) is 8.52. The van der Waals surface area contributed by atoms with Gasteiger partial charge in [-0.1, -0.05) is 23.2 Å². The van der Waals surface area contributed by atoms with E-state index in [9.17, 15) is 28.5 Å². The lowest BCUT2D eigenvalue weighted by atomic mass is 10.2. The molecular weight excluding hydrogens is 562 g/mol.